The first-order chi connectivity index (χ1) is 20.4. The molecule has 1 aliphatic carbocycles. The molecule has 6 rings (SSSR count). The van der Waals surface area contributed by atoms with Crippen molar-refractivity contribution in [1.29, 1.82) is 0 Å². The molecule has 0 spiro atoms. The highest BCUT2D eigenvalue weighted by Crippen LogP contribution is 2.38. The number of benzene rings is 2. The van der Waals surface area contributed by atoms with Crippen molar-refractivity contribution in [2.24, 2.45) is 16.9 Å². The fraction of sp³-hybridized carbons (Fsp3) is 0.375. The van der Waals surface area contributed by atoms with E-state index in [2.05, 4.69) is 17.1 Å². The Morgan fingerprint density at radius 1 is 0.929 bits per heavy atom. The van der Waals surface area contributed by atoms with E-state index in [1.807, 2.05) is 18.2 Å². The molecule has 2 amide bonds. The Labute approximate surface area is 243 Å². The molecule has 0 unspecified atom stereocenters. The number of ether oxygens (including phenoxy) is 3. The van der Waals surface area contributed by atoms with Gasteiger partial charge in [-0.2, -0.15) is 5.10 Å². The smallest absolute Gasteiger partial charge is 0.260 e. The Morgan fingerprint density at radius 2 is 1.69 bits per heavy atom. The van der Waals surface area contributed by atoms with Crippen molar-refractivity contribution < 1.29 is 23.8 Å². The summed E-state index contributed by atoms with van der Waals surface area (Å²) in [5, 5.41) is 7.48. The quantitative estimate of drug-likeness (QED) is 0.433. The van der Waals surface area contributed by atoms with Crippen molar-refractivity contribution in [3.63, 3.8) is 0 Å². The number of hydrogen-bond donors (Lipinski definition) is 1. The summed E-state index contributed by atoms with van der Waals surface area (Å²) in [5.41, 5.74) is 2.35. The number of methoxy groups -OCH3 is 2. The zero-order valence-electron chi connectivity index (χ0n) is 23.7. The number of nitrogens with one attached hydrogen (secondary N) is 1. The largest absolute Gasteiger partial charge is 0.493 e. The van der Waals surface area contributed by atoms with E-state index >= 15 is 0 Å². The second kappa shape index (κ2) is 11.7. The third-order valence-corrected chi connectivity index (χ3v) is 8.44. The molecule has 1 saturated heterocycles. The lowest BCUT2D eigenvalue weighted by molar-refractivity contribution is -0.142. The maximum atomic E-state index is 13.7. The summed E-state index contributed by atoms with van der Waals surface area (Å²) in [6.07, 6.45) is 6.94. The molecule has 10 heteroatoms. The van der Waals surface area contributed by atoms with E-state index in [-0.39, 0.29) is 41.9 Å². The molecule has 1 aromatic heterocycles. The van der Waals surface area contributed by atoms with Gasteiger partial charge in [0.15, 0.2) is 18.1 Å². The monoisotopic (exact) mass is 570 g/mol. The van der Waals surface area contributed by atoms with Crippen molar-refractivity contribution in [3.05, 3.63) is 76.6 Å². The van der Waals surface area contributed by atoms with Crippen LogP contribution in [0.4, 0.5) is 0 Å². The highest BCUT2D eigenvalue weighted by molar-refractivity contribution is 6.07. The zero-order chi connectivity index (χ0) is 29.2. The molecule has 42 heavy (non-hydrogen) atoms. The number of H-pyrrole nitrogens is 1. The van der Waals surface area contributed by atoms with Gasteiger partial charge in [0.1, 0.15) is 5.75 Å². The molecule has 1 fully saturated rings. The first-order valence-electron chi connectivity index (χ1n) is 14.3. The van der Waals surface area contributed by atoms with Crippen LogP contribution >= 0.6 is 0 Å². The minimum atomic E-state index is -0.167. The van der Waals surface area contributed by atoms with Crippen LogP contribution in [0.5, 0.6) is 17.2 Å². The lowest BCUT2D eigenvalue weighted by Gasteiger charge is -2.42. The van der Waals surface area contributed by atoms with Crippen molar-refractivity contribution in [1.82, 2.24) is 14.9 Å². The summed E-state index contributed by atoms with van der Waals surface area (Å²) in [6, 6.07) is 14.2. The number of aromatic amines is 1. The molecule has 0 radical (unpaired) electrons. The average molecular weight is 571 g/mol. The molecule has 218 valence electrons. The maximum absolute atomic E-state index is 13.7. The van der Waals surface area contributed by atoms with E-state index in [0.717, 1.165) is 23.1 Å². The standard InChI is InChI=1S/C32H34N4O6/c1-40-27-11-7-21(18-28(27)41-2)31-24-5-3-4-6-25(24)32(39)36(34-31)22-13-15-35(16-14-22)30(38)19-42-23-9-10-26-20(17-23)8-12-29(37)33-26/h3-4,7-12,17-18,22,24-25H,5-6,13-16,19H2,1-2H3,(H,33,37)/t24-,25+/m0/s1. The zero-order valence-corrected chi connectivity index (χ0v) is 23.7. The predicted octanol–water partition coefficient (Wildman–Crippen LogP) is 3.74. The van der Waals surface area contributed by atoms with Gasteiger partial charge in [0, 0.05) is 41.5 Å². The number of piperidine rings is 1. The summed E-state index contributed by atoms with van der Waals surface area (Å²) >= 11 is 0. The number of pyridine rings is 1. The van der Waals surface area contributed by atoms with Crippen LogP contribution in [0.15, 0.2) is 70.6 Å². The third-order valence-electron chi connectivity index (χ3n) is 8.44. The number of hydrazone groups is 1. The maximum Gasteiger partial charge on any atom is 0.260 e. The highest BCUT2D eigenvalue weighted by Gasteiger charge is 2.43. The summed E-state index contributed by atoms with van der Waals surface area (Å²) in [7, 11) is 3.21. The first kappa shape index (κ1) is 27.6. The third kappa shape index (κ3) is 5.36. The van der Waals surface area contributed by atoms with E-state index in [9.17, 15) is 14.4 Å². The van der Waals surface area contributed by atoms with E-state index in [1.165, 1.54) is 6.07 Å². The van der Waals surface area contributed by atoms with Crippen LogP contribution in [0, 0.1) is 11.8 Å². The van der Waals surface area contributed by atoms with E-state index in [4.69, 9.17) is 19.3 Å². The van der Waals surface area contributed by atoms with Crippen LogP contribution in [0.25, 0.3) is 10.9 Å². The molecule has 3 aromatic rings. The summed E-state index contributed by atoms with van der Waals surface area (Å²) in [6.45, 7) is 0.954. The van der Waals surface area contributed by atoms with Crippen molar-refractivity contribution >= 4 is 28.4 Å². The van der Waals surface area contributed by atoms with Crippen molar-refractivity contribution in [3.8, 4) is 17.2 Å². The Bertz CT molecular complexity index is 1620. The normalized spacial score (nSPS) is 20.7. The minimum absolute atomic E-state index is 0.00557. The summed E-state index contributed by atoms with van der Waals surface area (Å²) in [4.78, 5) is 42.7. The van der Waals surface area contributed by atoms with Crippen LogP contribution in [0.1, 0.15) is 31.2 Å². The number of rotatable bonds is 7. The van der Waals surface area contributed by atoms with Crippen LogP contribution in [0.2, 0.25) is 0 Å². The number of fused-ring (bicyclic) bond motifs is 2. The number of aromatic nitrogens is 1. The Kier molecular flexibility index (Phi) is 7.69. The molecule has 1 N–H and O–H groups in total. The van der Waals surface area contributed by atoms with E-state index in [1.54, 1.807) is 48.4 Å². The molecule has 0 bridgehead atoms. The van der Waals surface area contributed by atoms with Gasteiger partial charge in [-0.25, -0.2) is 5.01 Å². The van der Waals surface area contributed by atoms with Gasteiger partial charge in [0.2, 0.25) is 11.5 Å². The van der Waals surface area contributed by atoms with Crippen LogP contribution in [-0.2, 0) is 9.59 Å². The average Bonchev–Trinajstić information content (AvgIpc) is 3.03. The Hall–Kier alpha value is -4.60. The lowest BCUT2D eigenvalue weighted by Crippen LogP contribution is -2.53. The molecule has 3 heterocycles. The highest BCUT2D eigenvalue weighted by atomic mass is 16.5. The van der Waals surface area contributed by atoms with Crippen molar-refractivity contribution in [2.45, 2.75) is 31.7 Å². The SMILES string of the molecule is COc1ccc(C2=NN(C3CCN(C(=O)COc4ccc5[nH]c(=O)ccc5c4)CC3)C(=O)[C@@H]3CC=CC[C@H]23)cc1OC. The van der Waals surface area contributed by atoms with Gasteiger partial charge in [-0.05, 0) is 68.1 Å². The van der Waals surface area contributed by atoms with Gasteiger partial charge < -0.3 is 24.1 Å². The molecule has 3 aliphatic rings. The molecular formula is C32H34N4O6. The number of hydrogen-bond acceptors (Lipinski definition) is 7. The molecule has 2 atom stereocenters. The van der Waals surface area contributed by atoms with E-state index in [0.29, 0.717) is 55.1 Å². The van der Waals surface area contributed by atoms with Crippen LogP contribution in [-0.4, -0.2) is 72.4 Å². The Balaban J connectivity index is 1.13. The molecule has 2 aliphatic heterocycles. The second-order valence-electron chi connectivity index (χ2n) is 10.9. The molecule has 0 saturated carbocycles. The fourth-order valence-corrected chi connectivity index (χ4v) is 6.15. The van der Waals surface area contributed by atoms with E-state index < -0.39 is 0 Å². The van der Waals surface area contributed by atoms with Gasteiger partial charge in [-0.15, -0.1) is 0 Å². The van der Waals surface area contributed by atoms with Gasteiger partial charge in [0.05, 0.1) is 31.9 Å². The topological polar surface area (TPSA) is 114 Å². The summed E-state index contributed by atoms with van der Waals surface area (Å²) < 4.78 is 16.7. The number of carbonyl (C=O) groups excluding carboxylic acids is 2. The number of nitrogens with zero attached hydrogens (tertiary/aromatic N) is 3. The lowest BCUT2D eigenvalue weighted by atomic mass is 9.76. The van der Waals surface area contributed by atoms with Crippen LogP contribution in [0.3, 0.4) is 0 Å². The number of likely N-dealkylation sites (tertiary alicyclic amines) is 1. The molecular weight excluding hydrogens is 536 g/mol. The van der Waals surface area contributed by atoms with Gasteiger partial charge >= 0.3 is 0 Å². The summed E-state index contributed by atoms with van der Waals surface area (Å²) in [5.74, 6) is 1.62. The predicted molar refractivity (Wildman–Crippen MR) is 158 cm³/mol. The number of allylic oxidation sites excluding steroid dienone is 2. The van der Waals surface area contributed by atoms with Crippen molar-refractivity contribution in [2.75, 3.05) is 33.9 Å². The number of carbonyl (C=O) groups is 2. The van der Waals surface area contributed by atoms with Gasteiger partial charge in [-0.3, -0.25) is 14.4 Å². The molecule has 2 aromatic carbocycles. The fourth-order valence-electron chi connectivity index (χ4n) is 6.15. The van der Waals surface area contributed by atoms with Crippen LogP contribution < -0.4 is 19.8 Å². The minimum Gasteiger partial charge on any atom is -0.493 e. The van der Waals surface area contributed by atoms with Gasteiger partial charge in [-0.1, -0.05) is 12.2 Å². The van der Waals surface area contributed by atoms with Gasteiger partial charge in [0.25, 0.3) is 5.91 Å². The molecule has 10 nitrogen and oxygen atoms in total. The first-order valence-corrected chi connectivity index (χ1v) is 14.3. The number of amides is 2. The second-order valence-corrected chi connectivity index (χ2v) is 10.9. The Morgan fingerprint density at radius 3 is 2.45 bits per heavy atom.